The lowest BCUT2D eigenvalue weighted by Gasteiger charge is -1.97. The van der Waals surface area contributed by atoms with E-state index in [-0.39, 0.29) is 0 Å². The molecular weight excluding hydrogens is 202 g/mol. The van der Waals surface area contributed by atoms with Crippen LogP contribution in [0.5, 0.6) is 0 Å². The Hall–Kier alpha value is -0.0500. The van der Waals surface area contributed by atoms with Gasteiger partial charge in [0.1, 0.15) is 0 Å². The van der Waals surface area contributed by atoms with Crippen molar-refractivity contribution < 1.29 is 0 Å². The first-order valence-electron chi connectivity index (χ1n) is 4.82. The summed E-state index contributed by atoms with van der Waals surface area (Å²) in [5.74, 6) is 0. The van der Waals surface area contributed by atoms with Gasteiger partial charge in [-0.25, -0.2) is 0 Å². The Balaban J connectivity index is 2.18. The number of thiophene rings is 1. The number of rotatable bonds is 3. The molecule has 13 heavy (non-hydrogen) atoms. The molecule has 2 N–H and O–H groups in total. The Morgan fingerprint density at radius 3 is 2.92 bits per heavy atom. The fraction of sp³-hybridized carbons (Fsp3) is 0.600. The van der Waals surface area contributed by atoms with Crippen LogP contribution in [0.3, 0.4) is 0 Å². The third-order valence-corrected chi connectivity index (χ3v) is 4.45. The van der Waals surface area contributed by atoms with E-state index in [2.05, 4.69) is 0 Å². The highest BCUT2D eigenvalue weighted by atomic mass is 35.5. The van der Waals surface area contributed by atoms with Gasteiger partial charge < -0.3 is 5.73 Å². The molecule has 0 atom stereocenters. The highest BCUT2D eigenvalue weighted by Crippen LogP contribution is 2.39. The van der Waals surface area contributed by atoms with E-state index in [1.807, 2.05) is 11.3 Å². The number of fused-ring (bicyclic) bond motifs is 1. The molecule has 1 aliphatic rings. The van der Waals surface area contributed by atoms with Crippen LogP contribution >= 0.6 is 22.9 Å². The van der Waals surface area contributed by atoms with E-state index in [0.29, 0.717) is 0 Å². The van der Waals surface area contributed by atoms with Gasteiger partial charge in [-0.05, 0) is 44.2 Å². The molecule has 0 spiro atoms. The Morgan fingerprint density at radius 2 is 2.23 bits per heavy atom. The minimum atomic E-state index is 0.763. The molecule has 0 amide bonds. The smallest absolute Gasteiger partial charge is 0.0579 e. The van der Waals surface area contributed by atoms with E-state index < -0.39 is 0 Å². The van der Waals surface area contributed by atoms with Crippen molar-refractivity contribution in [1.82, 2.24) is 0 Å². The molecule has 0 bridgehead atoms. The first-order chi connectivity index (χ1) is 6.33. The second-order valence-electron chi connectivity index (χ2n) is 3.49. The quantitative estimate of drug-likeness (QED) is 0.825. The lowest BCUT2D eigenvalue weighted by atomic mass is 10.2. The summed E-state index contributed by atoms with van der Waals surface area (Å²) in [6.45, 7) is 0.763. The number of hydrogen-bond donors (Lipinski definition) is 1. The first-order valence-corrected chi connectivity index (χ1v) is 6.01. The second-order valence-corrected chi connectivity index (χ2v) is 5.05. The third-order valence-electron chi connectivity index (χ3n) is 2.53. The van der Waals surface area contributed by atoms with E-state index in [0.717, 1.165) is 24.4 Å². The molecule has 0 unspecified atom stereocenters. The zero-order chi connectivity index (χ0) is 9.26. The van der Waals surface area contributed by atoms with Crippen molar-refractivity contribution in [2.75, 3.05) is 6.54 Å². The number of aryl methyl sites for hydroxylation is 2. The van der Waals surface area contributed by atoms with Gasteiger partial charge in [0.25, 0.3) is 0 Å². The van der Waals surface area contributed by atoms with Crippen molar-refractivity contribution in [3.05, 3.63) is 20.3 Å². The maximum Gasteiger partial charge on any atom is 0.0579 e. The third kappa shape index (κ3) is 1.76. The molecule has 1 aromatic heterocycles. The summed E-state index contributed by atoms with van der Waals surface area (Å²) in [5, 5.41) is 1.05. The molecule has 0 aliphatic heterocycles. The van der Waals surface area contributed by atoms with Crippen LogP contribution in [-0.2, 0) is 19.3 Å². The fourth-order valence-electron chi connectivity index (χ4n) is 1.85. The Kier molecular flexibility index (Phi) is 2.92. The van der Waals surface area contributed by atoms with Crippen molar-refractivity contribution in [3.63, 3.8) is 0 Å². The van der Waals surface area contributed by atoms with Crippen molar-refractivity contribution in [2.24, 2.45) is 5.73 Å². The highest BCUT2D eigenvalue weighted by molar-refractivity contribution is 7.12. The molecule has 0 saturated heterocycles. The second kappa shape index (κ2) is 3.99. The van der Waals surface area contributed by atoms with Gasteiger partial charge in [-0.3, -0.25) is 0 Å². The number of hydrogen-bond acceptors (Lipinski definition) is 2. The van der Waals surface area contributed by atoms with Gasteiger partial charge in [0.05, 0.1) is 5.02 Å². The maximum atomic E-state index is 6.28. The Bertz CT molecular complexity index is 306. The Labute approximate surface area is 87.9 Å². The molecule has 72 valence electrons. The van der Waals surface area contributed by atoms with Crippen LogP contribution in [0.2, 0.25) is 5.02 Å². The minimum absolute atomic E-state index is 0.763. The monoisotopic (exact) mass is 215 g/mol. The summed E-state index contributed by atoms with van der Waals surface area (Å²) < 4.78 is 0. The minimum Gasteiger partial charge on any atom is -0.330 e. The van der Waals surface area contributed by atoms with E-state index in [9.17, 15) is 0 Å². The van der Waals surface area contributed by atoms with Gasteiger partial charge in [0.2, 0.25) is 0 Å². The average molecular weight is 216 g/mol. The van der Waals surface area contributed by atoms with Gasteiger partial charge in [-0.1, -0.05) is 11.6 Å². The molecule has 2 rings (SSSR count). The van der Waals surface area contributed by atoms with Gasteiger partial charge in [-0.2, -0.15) is 0 Å². The number of halogens is 1. The number of nitrogens with two attached hydrogens (primary N) is 1. The molecule has 1 heterocycles. The summed E-state index contributed by atoms with van der Waals surface area (Å²) >= 11 is 8.18. The maximum absolute atomic E-state index is 6.28. The molecular formula is C10H14ClNS. The first kappa shape index (κ1) is 9.50. The van der Waals surface area contributed by atoms with Crippen LogP contribution < -0.4 is 5.73 Å². The van der Waals surface area contributed by atoms with Crippen LogP contribution in [0.4, 0.5) is 0 Å². The molecule has 3 heteroatoms. The van der Waals surface area contributed by atoms with Crippen molar-refractivity contribution in [1.29, 1.82) is 0 Å². The SMILES string of the molecule is NCCCc1sc2c(c1Cl)CCC2. The summed E-state index contributed by atoms with van der Waals surface area (Å²) in [6, 6.07) is 0. The van der Waals surface area contributed by atoms with E-state index in [1.54, 1.807) is 0 Å². The topological polar surface area (TPSA) is 26.0 Å². The van der Waals surface area contributed by atoms with Crippen LogP contribution in [0.25, 0.3) is 0 Å². The summed E-state index contributed by atoms with van der Waals surface area (Å²) in [7, 11) is 0. The lowest BCUT2D eigenvalue weighted by molar-refractivity contribution is 0.841. The lowest BCUT2D eigenvalue weighted by Crippen LogP contribution is -1.99. The standard InChI is InChI=1S/C10H14ClNS/c11-10-7-3-1-4-8(7)13-9(10)5-2-6-12/h1-6,12H2. The normalized spacial score (nSPS) is 14.9. The van der Waals surface area contributed by atoms with Gasteiger partial charge in [-0.15, -0.1) is 11.3 Å². The zero-order valence-corrected chi connectivity index (χ0v) is 9.18. The van der Waals surface area contributed by atoms with Crippen molar-refractivity contribution in [3.8, 4) is 0 Å². The molecule has 0 radical (unpaired) electrons. The van der Waals surface area contributed by atoms with E-state index in [1.165, 1.54) is 34.6 Å². The predicted octanol–water partition coefficient (Wildman–Crippen LogP) is 2.78. The fourth-order valence-corrected chi connectivity index (χ4v) is 3.65. The van der Waals surface area contributed by atoms with Crippen LogP contribution in [0.1, 0.15) is 28.2 Å². The van der Waals surface area contributed by atoms with Gasteiger partial charge in [0, 0.05) is 9.75 Å². The summed E-state index contributed by atoms with van der Waals surface area (Å²) in [4.78, 5) is 2.88. The van der Waals surface area contributed by atoms with Crippen molar-refractivity contribution >= 4 is 22.9 Å². The van der Waals surface area contributed by atoms with Crippen LogP contribution in [-0.4, -0.2) is 6.54 Å². The molecule has 0 fully saturated rings. The molecule has 0 aromatic carbocycles. The predicted molar refractivity (Wildman–Crippen MR) is 58.7 cm³/mol. The molecule has 1 aliphatic carbocycles. The Morgan fingerprint density at radius 1 is 1.38 bits per heavy atom. The van der Waals surface area contributed by atoms with E-state index in [4.69, 9.17) is 17.3 Å². The van der Waals surface area contributed by atoms with Gasteiger partial charge >= 0.3 is 0 Å². The van der Waals surface area contributed by atoms with Gasteiger partial charge in [0.15, 0.2) is 0 Å². The molecule has 1 aromatic rings. The zero-order valence-electron chi connectivity index (χ0n) is 7.61. The summed E-state index contributed by atoms with van der Waals surface area (Å²) in [5.41, 5.74) is 6.91. The van der Waals surface area contributed by atoms with E-state index >= 15 is 0 Å². The largest absolute Gasteiger partial charge is 0.330 e. The molecule has 0 saturated carbocycles. The van der Waals surface area contributed by atoms with Crippen LogP contribution in [0, 0.1) is 0 Å². The van der Waals surface area contributed by atoms with Crippen LogP contribution in [0.15, 0.2) is 0 Å². The van der Waals surface area contributed by atoms with Crippen molar-refractivity contribution in [2.45, 2.75) is 32.1 Å². The summed E-state index contributed by atoms with van der Waals surface area (Å²) in [6.07, 6.45) is 5.83. The average Bonchev–Trinajstić information content (AvgIpc) is 2.67. The molecule has 1 nitrogen and oxygen atoms in total. The highest BCUT2D eigenvalue weighted by Gasteiger charge is 2.20.